The van der Waals surface area contributed by atoms with E-state index in [1.54, 1.807) is 16.8 Å². The van der Waals surface area contributed by atoms with Gasteiger partial charge in [0, 0.05) is 32.2 Å². The van der Waals surface area contributed by atoms with Gasteiger partial charge in [0.15, 0.2) is 0 Å². The molecule has 0 saturated carbocycles. The second kappa shape index (κ2) is 8.96. The van der Waals surface area contributed by atoms with Crippen LogP contribution in [0.1, 0.15) is 13.8 Å². The van der Waals surface area contributed by atoms with Crippen LogP contribution in [0.4, 0.5) is 0 Å². The fourth-order valence-corrected chi connectivity index (χ4v) is 3.41. The van der Waals surface area contributed by atoms with Crippen LogP contribution in [0.25, 0.3) is 0 Å². The quantitative estimate of drug-likeness (QED) is 0.652. The molecule has 1 amide bonds. The van der Waals surface area contributed by atoms with Crippen LogP contribution in [0.5, 0.6) is 0 Å². The van der Waals surface area contributed by atoms with Crippen molar-refractivity contribution in [2.24, 2.45) is 0 Å². The average molecular weight is 366 g/mol. The smallest absolute Gasteiger partial charge is 0.317 e. The molecule has 0 aromatic heterocycles. The number of halogens is 1. The molecular weight excluding hydrogens is 338 g/mol. The van der Waals surface area contributed by atoms with E-state index in [2.05, 4.69) is 0 Å². The lowest BCUT2D eigenvalue weighted by Crippen LogP contribution is -2.51. The Morgan fingerprint density at radius 2 is 1.75 bits per heavy atom. The first-order valence-electron chi connectivity index (χ1n) is 8.02. The number of carbonyl (C=O) groups excluding carboxylic acids is 1. The van der Waals surface area contributed by atoms with Gasteiger partial charge in [-0.3, -0.25) is 19.4 Å². The number of carbonyl (C=O) groups is 2. The van der Waals surface area contributed by atoms with Gasteiger partial charge >= 0.3 is 5.97 Å². The van der Waals surface area contributed by atoms with Crippen molar-refractivity contribution in [2.45, 2.75) is 38.2 Å². The topological polar surface area (TPSA) is 93.6 Å². The van der Waals surface area contributed by atoms with E-state index < -0.39 is 12.1 Å². The normalized spacial score (nSPS) is 31.1. The predicted octanol–water partition coefficient (Wildman–Crippen LogP) is -0.894. The third kappa shape index (κ3) is 5.56. The molecule has 0 radical (unpaired) electrons. The van der Waals surface area contributed by atoms with E-state index in [-0.39, 0.29) is 49.7 Å². The molecule has 2 aliphatic rings. The van der Waals surface area contributed by atoms with Crippen molar-refractivity contribution in [3.05, 3.63) is 0 Å². The lowest BCUT2D eigenvalue weighted by molar-refractivity contribution is -0.144. The van der Waals surface area contributed by atoms with Gasteiger partial charge in [-0.15, -0.1) is 12.4 Å². The summed E-state index contributed by atoms with van der Waals surface area (Å²) in [5.41, 5.74) is 0. The number of aliphatic hydroxyl groups is 1. The Balaban J connectivity index is 0.00000288. The van der Waals surface area contributed by atoms with Gasteiger partial charge in [0.1, 0.15) is 0 Å². The maximum absolute atomic E-state index is 12.4. The SMILES string of the molecule is CC1CN(C(=O)CN2CC(N(C)CC(=O)O)[C@H](O)C2)CC(C)O1.Cl. The van der Waals surface area contributed by atoms with Crippen LogP contribution in [-0.2, 0) is 14.3 Å². The van der Waals surface area contributed by atoms with Crippen molar-refractivity contribution in [1.29, 1.82) is 0 Å². The summed E-state index contributed by atoms with van der Waals surface area (Å²) in [7, 11) is 1.68. The summed E-state index contributed by atoms with van der Waals surface area (Å²) in [6.07, 6.45) is -0.586. The molecule has 24 heavy (non-hydrogen) atoms. The van der Waals surface area contributed by atoms with Gasteiger partial charge in [-0.25, -0.2) is 0 Å². The monoisotopic (exact) mass is 365 g/mol. The average Bonchev–Trinajstić information content (AvgIpc) is 2.77. The number of β-amino-alcohol motifs (C(OH)–C–C–N with tert-alkyl or cyclic N) is 1. The van der Waals surface area contributed by atoms with Crippen molar-refractivity contribution < 1.29 is 24.5 Å². The van der Waals surface area contributed by atoms with Crippen molar-refractivity contribution in [3.8, 4) is 0 Å². The highest BCUT2D eigenvalue weighted by molar-refractivity contribution is 5.85. The summed E-state index contributed by atoms with van der Waals surface area (Å²) < 4.78 is 5.63. The zero-order valence-electron chi connectivity index (χ0n) is 14.4. The van der Waals surface area contributed by atoms with E-state index in [9.17, 15) is 14.7 Å². The Morgan fingerprint density at radius 3 is 2.29 bits per heavy atom. The first kappa shape index (κ1) is 21.1. The summed E-state index contributed by atoms with van der Waals surface area (Å²) in [6.45, 7) is 6.07. The second-order valence-corrected chi connectivity index (χ2v) is 6.69. The molecule has 2 rings (SSSR count). The molecule has 3 unspecified atom stereocenters. The van der Waals surface area contributed by atoms with E-state index >= 15 is 0 Å². The van der Waals surface area contributed by atoms with Crippen LogP contribution in [0.3, 0.4) is 0 Å². The second-order valence-electron chi connectivity index (χ2n) is 6.69. The Kier molecular flexibility index (Phi) is 7.88. The summed E-state index contributed by atoms with van der Waals surface area (Å²) in [4.78, 5) is 28.6. The number of ether oxygens (including phenoxy) is 1. The zero-order chi connectivity index (χ0) is 17.1. The van der Waals surface area contributed by atoms with Crippen molar-refractivity contribution in [3.63, 3.8) is 0 Å². The van der Waals surface area contributed by atoms with Crippen LogP contribution in [-0.4, -0.2) is 107 Å². The summed E-state index contributed by atoms with van der Waals surface area (Å²) in [5, 5.41) is 19.0. The fourth-order valence-electron chi connectivity index (χ4n) is 3.41. The number of carboxylic acids is 1. The molecule has 0 aromatic carbocycles. The van der Waals surface area contributed by atoms with Gasteiger partial charge in [0.2, 0.25) is 5.91 Å². The molecule has 4 atom stereocenters. The van der Waals surface area contributed by atoms with Crippen molar-refractivity contribution >= 4 is 24.3 Å². The van der Waals surface area contributed by atoms with Crippen LogP contribution >= 0.6 is 12.4 Å². The van der Waals surface area contributed by atoms with E-state index in [0.29, 0.717) is 26.2 Å². The molecule has 2 N–H and O–H groups in total. The highest BCUT2D eigenvalue weighted by Crippen LogP contribution is 2.16. The number of carboxylic acid groups (broad SMARTS) is 1. The highest BCUT2D eigenvalue weighted by Gasteiger charge is 2.36. The molecule has 8 nitrogen and oxygen atoms in total. The van der Waals surface area contributed by atoms with Crippen LogP contribution < -0.4 is 0 Å². The molecule has 9 heteroatoms. The number of aliphatic hydroxyl groups excluding tert-OH is 1. The first-order chi connectivity index (χ1) is 10.8. The minimum atomic E-state index is -0.925. The summed E-state index contributed by atoms with van der Waals surface area (Å²) >= 11 is 0. The minimum Gasteiger partial charge on any atom is -0.480 e. The third-order valence-electron chi connectivity index (χ3n) is 4.42. The number of likely N-dealkylation sites (N-methyl/N-ethyl adjacent to an activating group) is 1. The molecule has 2 aliphatic heterocycles. The van der Waals surface area contributed by atoms with Gasteiger partial charge in [-0.1, -0.05) is 0 Å². The van der Waals surface area contributed by atoms with Crippen molar-refractivity contribution in [1.82, 2.24) is 14.7 Å². The molecule has 0 aromatic rings. The predicted molar refractivity (Wildman–Crippen MR) is 90.3 cm³/mol. The Hall–Kier alpha value is -0.930. The van der Waals surface area contributed by atoms with Gasteiger partial charge in [0.25, 0.3) is 0 Å². The number of hydrogen-bond acceptors (Lipinski definition) is 6. The molecular formula is C15H28ClN3O5. The van der Waals surface area contributed by atoms with E-state index in [4.69, 9.17) is 9.84 Å². The van der Waals surface area contributed by atoms with E-state index in [1.165, 1.54) is 0 Å². The minimum absolute atomic E-state index is 0. The first-order valence-corrected chi connectivity index (χ1v) is 8.02. The highest BCUT2D eigenvalue weighted by atomic mass is 35.5. The molecule has 0 bridgehead atoms. The largest absolute Gasteiger partial charge is 0.480 e. The lowest BCUT2D eigenvalue weighted by atomic mass is 10.2. The van der Waals surface area contributed by atoms with Gasteiger partial charge in [-0.05, 0) is 20.9 Å². The molecule has 2 fully saturated rings. The molecule has 2 saturated heterocycles. The Bertz CT molecular complexity index is 443. The maximum Gasteiger partial charge on any atom is 0.317 e. The molecule has 140 valence electrons. The van der Waals surface area contributed by atoms with E-state index in [1.807, 2.05) is 18.7 Å². The zero-order valence-corrected chi connectivity index (χ0v) is 15.2. The number of aliphatic carboxylic acids is 1. The number of likely N-dealkylation sites (tertiary alicyclic amines) is 1. The Labute approximate surface area is 148 Å². The van der Waals surface area contributed by atoms with Crippen LogP contribution in [0.2, 0.25) is 0 Å². The lowest BCUT2D eigenvalue weighted by Gasteiger charge is -2.36. The summed E-state index contributed by atoms with van der Waals surface area (Å²) in [5.74, 6) is -0.897. The number of hydrogen-bond donors (Lipinski definition) is 2. The molecule has 0 spiro atoms. The number of rotatable bonds is 5. The van der Waals surface area contributed by atoms with Gasteiger partial charge < -0.3 is 19.8 Å². The summed E-state index contributed by atoms with van der Waals surface area (Å²) in [6, 6.07) is -0.263. The van der Waals surface area contributed by atoms with Gasteiger partial charge in [0.05, 0.1) is 31.4 Å². The van der Waals surface area contributed by atoms with Crippen LogP contribution in [0.15, 0.2) is 0 Å². The standard InChI is InChI=1S/C15H27N3O5.ClH/c1-10-4-18(5-11(2)23-10)14(20)8-17-6-12(13(19)7-17)16(3)9-15(21)22;/h10-13,19H,4-9H2,1-3H3,(H,21,22);1H/t10?,11?,12?,13-;/m1./s1. The third-order valence-corrected chi connectivity index (χ3v) is 4.42. The Morgan fingerprint density at radius 1 is 1.17 bits per heavy atom. The number of amides is 1. The van der Waals surface area contributed by atoms with Crippen LogP contribution in [0, 0.1) is 0 Å². The van der Waals surface area contributed by atoms with E-state index in [0.717, 1.165) is 0 Å². The molecule has 2 heterocycles. The maximum atomic E-state index is 12.4. The van der Waals surface area contributed by atoms with Crippen molar-refractivity contribution in [2.75, 3.05) is 46.3 Å². The van der Waals surface area contributed by atoms with Gasteiger partial charge in [-0.2, -0.15) is 0 Å². The fraction of sp³-hybridized carbons (Fsp3) is 0.867. The molecule has 0 aliphatic carbocycles. The number of morpholine rings is 1. The number of nitrogens with zero attached hydrogens (tertiary/aromatic N) is 3.